The standard InChI is InChI=1S/C35H64N2O6/c1-6-7-8-9-10-11-12-13-14-15-16-17-18-19-20-23-30(38)37-26-21-22-29(37)27-41-31(39)24-25-36-33(40)32-34(2,3)28-42-35(4,5)43-32/h29,32H,6-28H2,1-5H3,(H,36,40). The molecule has 43 heavy (non-hydrogen) atoms. The first-order valence-corrected chi connectivity index (χ1v) is 17.6. The lowest BCUT2D eigenvalue weighted by molar-refractivity contribution is -0.304. The van der Waals surface area contributed by atoms with Crippen molar-refractivity contribution in [3.63, 3.8) is 0 Å². The summed E-state index contributed by atoms with van der Waals surface area (Å²) in [5.74, 6) is -1.26. The summed E-state index contributed by atoms with van der Waals surface area (Å²) in [4.78, 5) is 39.8. The van der Waals surface area contributed by atoms with Crippen LogP contribution in [0.3, 0.4) is 0 Å². The van der Waals surface area contributed by atoms with Crippen molar-refractivity contribution in [3.8, 4) is 0 Å². The molecule has 0 saturated carbocycles. The maximum atomic E-state index is 12.8. The Morgan fingerprint density at radius 3 is 1.95 bits per heavy atom. The minimum absolute atomic E-state index is 0.0407. The number of esters is 1. The lowest BCUT2D eigenvalue weighted by Gasteiger charge is -2.44. The average molecular weight is 609 g/mol. The molecule has 1 N–H and O–H groups in total. The van der Waals surface area contributed by atoms with E-state index >= 15 is 0 Å². The van der Waals surface area contributed by atoms with Crippen molar-refractivity contribution in [1.29, 1.82) is 0 Å². The van der Waals surface area contributed by atoms with E-state index in [1.165, 1.54) is 83.5 Å². The van der Waals surface area contributed by atoms with E-state index in [9.17, 15) is 14.4 Å². The van der Waals surface area contributed by atoms with Crippen LogP contribution in [0.2, 0.25) is 0 Å². The van der Waals surface area contributed by atoms with Crippen LogP contribution in [-0.4, -0.2) is 66.9 Å². The Bertz CT molecular complexity index is 814. The van der Waals surface area contributed by atoms with Gasteiger partial charge in [-0.05, 0) is 33.1 Å². The molecule has 2 heterocycles. The summed E-state index contributed by atoms with van der Waals surface area (Å²) in [6, 6.07) is -0.0407. The van der Waals surface area contributed by atoms with Crippen molar-refractivity contribution in [2.45, 2.75) is 175 Å². The molecule has 250 valence electrons. The SMILES string of the molecule is CCCCCCCCCCCCCCCCCC(=O)N1CCCC1COC(=O)CCNC(=O)C1OC(C)(C)OCC1(C)C. The number of nitrogens with one attached hydrogen (secondary N) is 1. The second-order valence-electron chi connectivity index (χ2n) is 14.0. The van der Waals surface area contributed by atoms with Gasteiger partial charge in [0.05, 0.1) is 19.1 Å². The Morgan fingerprint density at radius 2 is 1.37 bits per heavy atom. The summed E-state index contributed by atoms with van der Waals surface area (Å²) >= 11 is 0. The van der Waals surface area contributed by atoms with Crippen LogP contribution in [0, 0.1) is 5.41 Å². The normalized spacial score (nSPS) is 21.1. The van der Waals surface area contributed by atoms with Gasteiger partial charge < -0.3 is 24.4 Å². The van der Waals surface area contributed by atoms with E-state index in [4.69, 9.17) is 14.2 Å². The summed E-state index contributed by atoms with van der Waals surface area (Å²) in [6.07, 6.45) is 21.5. The molecule has 2 unspecified atom stereocenters. The lowest BCUT2D eigenvalue weighted by atomic mass is 9.85. The third-order valence-corrected chi connectivity index (χ3v) is 8.90. The minimum atomic E-state index is -0.826. The van der Waals surface area contributed by atoms with Crippen LogP contribution in [0.5, 0.6) is 0 Å². The van der Waals surface area contributed by atoms with Crippen LogP contribution in [0.4, 0.5) is 0 Å². The molecule has 2 fully saturated rings. The molecule has 0 aromatic carbocycles. The zero-order valence-corrected chi connectivity index (χ0v) is 28.3. The zero-order valence-electron chi connectivity index (χ0n) is 28.3. The Balaban J connectivity index is 1.49. The summed E-state index contributed by atoms with van der Waals surface area (Å²) in [5, 5.41) is 2.81. The number of ether oxygens (including phenoxy) is 3. The van der Waals surface area contributed by atoms with Gasteiger partial charge in [0.25, 0.3) is 0 Å². The van der Waals surface area contributed by atoms with Crippen LogP contribution >= 0.6 is 0 Å². The van der Waals surface area contributed by atoms with Gasteiger partial charge in [-0.25, -0.2) is 0 Å². The van der Waals surface area contributed by atoms with Gasteiger partial charge in [-0.2, -0.15) is 0 Å². The van der Waals surface area contributed by atoms with Gasteiger partial charge in [0, 0.05) is 24.9 Å². The van der Waals surface area contributed by atoms with E-state index < -0.39 is 17.3 Å². The summed E-state index contributed by atoms with van der Waals surface area (Å²) < 4.78 is 17.0. The molecule has 2 amide bonds. The van der Waals surface area contributed by atoms with E-state index in [-0.39, 0.29) is 43.4 Å². The van der Waals surface area contributed by atoms with Gasteiger partial charge in [-0.1, -0.05) is 111 Å². The predicted molar refractivity (Wildman–Crippen MR) is 172 cm³/mol. The number of rotatable bonds is 22. The molecule has 2 saturated heterocycles. The van der Waals surface area contributed by atoms with Crippen molar-refractivity contribution >= 4 is 17.8 Å². The van der Waals surface area contributed by atoms with E-state index in [1.54, 1.807) is 13.8 Å². The molecule has 0 bridgehead atoms. The van der Waals surface area contributed by atoms with Gasteiger partial charge in [-0.15, -0.1) is 0 Å². The molecule has 2 atom stereocenters. The predicted octanol–water partition coefficient (Wildman–Crippen LogP) is 7.47. The average Bonchev–Trinajstić information content (AvgIpc) is 3.44. The molecule has 2 rings (SSSR count). The fourth-order valence-corrected chi connectivity index (χ4v) is 6.09. The third-order valence-electron chi connectivity index (χ3n) is 8.90. The first kappa shape index (κ1) is 37.5. The van der Waals surface area contributed by atoms with E-state index in [0.717, 1.165) is 32.2 Å². The van der Waals surface area contributed by atoms with Crippen molar-refractivity contribution < 1.29 is 28.6 Å². The van der Waals surface area contributed by atoms with Crippen molar-refractivity contribution in [1.82, 2.24) is 10.2 Å². The highest BCUT2D eigenvalue weighted by Crippen LogP contribution is 2.34. The Kier molecular flexibility index (Phi) is 17.8. The highest BCUT2D eigenvalue weighted by Gasteiger charge is 2.45. The van der Waals surface area contributed by atoms with Gasteiger partial charge in [0.2, 0.25) is 11.8 Å². The maximum absolute atomic E-state index is 12.8. The number of carbonyl (C=O) groups excluding carboxylic acids is 3. The van der Waals surface area contributed by atoms with Gasteiger partial charge >= 0.3 is 5.97 Å². The fourth-order valence-electron chi connectivity index (χ4n) is 6.09. The molecule has 2 aliphatic heterocycles. The molecule has 8 heteroatoms. The Hall–Kier alpha value is -1.67. The zero-order chi connectivity index (χ0) is 31.6. The molecular weight excluding hydrogens is 544 g/mol. The monoisotopic (exact) mass is 608 g/mol. The highest BCUT2D eigenvalue weighted by molar-refractivity contribution is 5.82. The Labute approximate surface area is 262 Å². The number of amides is 2. The van der Waals surface area contributed by atoms with Gasteiger partial charge in [0.15, 0.2) is 5.79 Å². The number of hydrogen-bond donors (Lipinski definition) is 1. The minimum Gasteiger partial charge on any atom is -0.463 e. The summed E-state index contributed by atoms with van der Waals surface area (Å²) in [5.41, 5.74) is -0.467. The topological polar surface area (TPSA) is 94.2 Å². The number of hydrogen-bond acceptors (Lipinski definition) is 6. The van der Waals surface area contributed by atoms with Crippen LogP contribution in [0.15, 0.2) is 0 Å². The first-order valence-electron chi connectivity index (χ1n) is 17.6. The van der Waals surface area contributed by atoms with Crippen molar-refractivity contribution in [3.05, 3.63) is 0 Å². The fraction of sp³-hybridized carbons (Fsp3) is 0.914. The highest BCUT2D eigenvalue weighted by atomic mass is 16.7. The van der Waals surface area contributed by atoms with E-state index in [2.05, 4.69) is 12.2 Å². The molecule has 0 radical (unpaired) electrons. The molecule has 0 aliphatic carbocycles. The third kappa shape index (κ3) is 15.3. The number of carbonyl (C=O) groups is 3. The van der Waals surface area contributed by atoms with Gasteiger partial charge in [-0.3, -0.25) is 14.4 Å². The van der Waals surface area contributed by atoms with E-state index in [1.807, 2.05) is 18.7 Å². The smallest absolute Gasteiger partial charge is 0.307 e. The van der Waals surface area contributed by atoms with Gasteiger partial charge in [0.1, 0.15) is 12.7 Å². The van der Waals surface area contributed by atoms with Crippen LogP contribution < -0.4 is 5.32 Å². The van der Waals surface area contributed by atoms with Crippen LogP contribution in [-0.2, 0) is 28.6 Å². The summed E-state index contributed by atoms with van der Waals surface area (Å²) in [7, 11) is 0. The van der Waals surface area contributed by atoms with Crippen molar-refractivity contribution in [2.24, 2.45) is 5.41 Å². The number of unbranched alkanes of at least 4 members (excludes halogenated alkanes) is 14. The second kappa shape index (κ2) is 20.4. The summed E-state index contributed by atoms with van der Waals surface area (Å²) in [6.45, 7) is 11.3. The number of likely N-dealkylation sites (tertiary alicyclic amines) is 1. The molecular formula is C35H64N2O6. The maximum Gasteiger partial charge on any atom is 0.307 e. The molecule has 8 nitrogen and oxygen atoms in total. The molecule has 0 spiro atoms. The van der Waals surface area contributed by atoms with Crippen LogP contribution in [0.25, 0.3) is 0 Å². The van der Waals surface area contributed by atoms with Crippen molar-refractivity contribution in [2.75, 3.05) is 26.3 Å². The molecule has 0 aromatic rings. The Morgan fingerprint density at radius 1 is 0.814 bits per heavy atom. The molecule has 2 aliphatic rings. The quantitative estimate of drug-likeness (QED) is 0.101. The lowest BCUT2D eigenvalue weighted by Crippen LogP contribution is -2.56. The van der Waals surface area contributed by atoms with Crippen LogP contribution in [0.1, 0.15) is 157 Å². The molecule has 0 aromatic heterocycles. The largest absolute Gasteiger partial charge is 0.463 e. The first-order chi connectivity index (χ1) is 20.6. The second-order valence-corrected chi connectivity index (χ2v) is 14.0. The van der Waals surface area contributed by atoms with E-state index in [0.29, 0.717) is 13.0 Å². The number of nitrogens with zero attached hydrogens (tertiary/aromatic N) is 1.